The number of nitrogens with one attached hydrogen (secondary N) is 1. The molecule has 0 radical (unpaired) electrons. The van der Waals surface area contributed by atoms with Crippen molar-refractivity contribution in [2.75, 3.05) is 14.2 Å². The molecule has 0 unspecified atom stereocenters. The number of amides is 1. The summed E-state index contributed by atoms with van der Waals surface area (Å²) in [7, 11) is 3.22. The summed E-state index contributed by atoms with van der Waals surface area (Å²) in [6, 6.07) is 15.0. The van der Waals surface area contributed by atoms with Crippen LogP contribution in [0, 0.1) is 6.92 Å². The van der Waals surface area contributed by atoms with Gasteiger partial charge in [-0.1, -0.05) is 12.1 Å². The standard InChI is InChI=1S/C20H19N3O3S/c1-13-18(27-20(22-13)16-6-4-5-7-17(16)26-3)19(24)23-21-12-14-8-10-15(25-2)11-9-14/h4-12H,1-3H3,(H,23,24)/b21-12+. The van der Waals surface area contributed by atoms with E-state index in [1.54, 1.807) is 27.4 Å². The molecule has 27 heavy (non-hydrogen) atoms. The molecule has 0 atom stereocenters. The number of benzene rings is 2. The highest BCUT2D eigenvalue weighted by molar-refractivity contribution is 7.17. The lowest BCUT2D eigenvalue weighted by atomic mass is 10.2. The minimum atomic E-state index is -0.295. The van der Waals surface area contributed by atoms with Gasteiger partial charge in [-0.05, 0) is 48.9 Å². The van der Waals surface area contributed by atoms with Crippen molar-refractivity contribution >= 4 is 23.5 Å². The van der Waals surface area contributed by atoms with Crippen molar-refractivity contribution in [1.29, 1.82) is 0 Å². The van der Waals surface area contributed by atoms with E-state index in [0.29, 0.717) is 10.6 Å². The molecular formula is C20H19N3O3S. The number of para-hydroxylation sites is 1. The van der Waals surface area contributed by atoms with Crippen molar-refractivity contribution < 1.29 is 14.3 Å². The van der Waals surface area contributed by atoms with Crippen molar-refractivity contribution in [1.82, 2.24) is 10.4 Å². The Hall–Kier alpha value is -3.19. The zero-order valence-corrected chi connectivity index (χ0v) is 16.0. The fraction of sp³-hybridized carbons (Fsp3) is 0.150. The van der Waals surface area contributed by atoms with Crippen molar-refractivity contribution in [2.24, 2.45) is 5.10 Å². The number of carbonyl (C=O) groups is 1. The number of nitrogens with zero attached hydrogens (tertiary/aromatic N) is 2. The third-order valence-corrected chi connectivity index (χ3v) is 5.03. The molecule has 0 saturated heterocycles. The first-order valence-electron chi connectivity index (χ1n) is 8.20. The van der Waals surface area contributed by atoms with Gasteiger partial charge >= 0.3 is 0 Å². The predicted octanol–water partition coefficient (Wildman–Crippen LogP) is 3.90. The molecule has 3 aromatic rings. The zero-order valence-electron chi connectivity index (χ0n) is 15.2. The molecule has 0 aliphatic carbocycles. The number of ether oxygens (including phenoxy) is 2. The van der Waals surface area contributed by atoms with Gasteiger partial charge in [0.1, 0.15) is 21.4 Å². The maximum Gasteiger partial charge on any atom is 0.283 e. The number of methoxy groups -OCH3 is 2. The molecule has 0 aliphatic rings. The summed E-state index contributed by atoms with van der Waals surface area (Å²) in [5.41, 5.74) is 4.91. The Morgan fingerprint density at radius 2 is 1.85 bits per heavy atom. The van der Waals surface area contributed by atoms with E-state index < -0.39 is 0 Å². The molecule has 138 valence electrons. The van der Waals surface area contributed by atoms with Crippen LogP contribution in [0.15, 0.2) is 53.6 Å². The van der Waals surface area contributed by atoms with Crippen LogP contribution in [0.4, 0.5) is 0 Å². The van der Waals surface area contributed by atoms with E-state index in [2.05, 4.69) is 15.5 Å². The Labute approximate surface area is 161 Å². The highest BCUT2D eigenvalue weighted by Gasteiger charge is 2.17. The molecule has 1 N–H and O–H groups in total. The van der Waals surface area contributed by atoms with E-state index in [4.69, 9.17) is 9.47 Å². The van der Waals surface area contributed by atoms with Gasteiger partial charge in [0, 0.05) is 0 Å². The second-order valence-corrected chi connectivity index (χ2v) is 6.61. The van der Waals surface area contributed by atoms with Gasteiger partial charge in [0.05, 0.1) is 31.7 Å². The Bertz CT molecular complexity index is 965. The number of hydrazone groups is 1. The molecule has 3 rings (SSSR count). The van der Waals surface area contributed by atoms with E-state index in [-0.39, 0.29) is 5.91 Å². The molecule has 0 fully saturated rings. The van der Waals surface area contributed by atoms with Gasteiger partial charge in [-0.2, -0.15) is 5.10 Å². The van der Waals surface area contributed by atoms with E-state index in [1.807, 2.05) is 48.5 Å². The van der Waals surface area contributed by atoms with Crippen LogP contribution in [-0.4, -0.2) is 31.3 Å². The number of aromatic nitrogens is 1. The summed E-state index contributed by atoms with van der Waals surface area (Å²) in [5, 5.41) is 4.75. The van der Waals surface area contributed by atoms with Crippen LogP contribution in [0.25, 0.3) is 10.6 Å². The monoisotopic (exact) mass is 381 g/mol. The van der Waals surface area contributed by atoms with E-state index in [1.165, 1.54) is 11.3 Å². The highest BCUT2D eigenvalue weighted by atomic mass is 32.1. The molecule has 2 aromatic carbocycles. The van der Waals surface area contributed by atoms with E-state index >= 15 is 0 Å². The van der Waals surface area contributed by atoms with Gasteiger partial charge in [0.2, 0.25) is 0 Å². The number of carbonyl (C=O) groups excluding carboxylic acids is 1. The summed E-state index contributed by atoms with van der Waals surface area (Å²) in [6.07, 6.45) is 1.58. The molecule has 6 nitrogen and oxygen atoms in total. The zero-order chi connectivity index (χ0) is 19.2. The van der Waals surface area contributed by atoms with Crippen LogP contribution in [0.2, 0.25) is 0 Å². The first-order valence-corrected chi connectivity index (χ1v) is 9.02. The summed E-state index contributed by atoms with van der Waals surface area (Å²) >= 11 is 1.31. The fourth-order valence-electron chi connectivity index (χ4n) is 2.45. The minimum Gasteiger partial charge on any atom is -0.497 e. The van der Waals surface area contributed by atoms with E-state index in [0.717, 1.165) is 27.6 Å². The van der Waals surface area contributed by atoms with Crippen LogP contribution < -0.4 is 14.9 Å². The molecule has 7 heteroatoms. The molecule has 1 amide bonds. The van der Waals surface area contributed by atoms with Crippen molar-refractivity contribution in [2.45, 2.75) is 6.92 Å². The van der Waals surface area contributed by atoms with Crippen molar-refractivity contribution in [3.8, 4) is 22.1 Å². The van der Waals surface area contributed by atoms with Gasteiger partial charge < -0.3 is 9.47 Å². The number of aryl methyl sites for hydroxylation is 1. The van der Waals surface area contributed by atoms with Crippen LogP contribution in [0.1, 0.15) is 20.9 Å². The molecule has 0 spiro atoms. The highest BCUT2D eigenvalue weighted by Crippen LogP contribution is 2.34. The first-order chi connectivity index (χ1) is 13.1. The third kappa shape index (κ3) is 4.32. The lowest BCUT2D eigenvalue weighted by Gasteiger charge is -2.04. The second kappa shape index (κ2) is 8.46. The average molecular weight is 381 g/mol. The number of hydrogen-bond donors (Lipinski definition) is 1. The van der Waals surface area contributed by atoms with Crippen molar-refractivity contribution in [3.05, 3.63) is 64.7 Å². The lowest BCUT2D eigenvalue weighted by molar-refractivity contribution is 0.0958. The van der Waals surface area contributed by atoms with Crippen molar-refractivity contribution in [3.63, 3.8) is 0 Å². The topological polar surface area (TPSA) is 72.8 Å². The average Bonchev–Trinajstić information content (AvgIpc) is 3.10. The lowest BCUT2D eigenvalue weighted by Crippen LogP contribution is -2.17. The maximum absolute atomic E-state index is 12.4. The third-order valence-electron chi connectivity index (χ3n) is 3.84. The molecule has 1 heterocycles. The van der Waals surface area contributed by atoms with Crippen LogP contribution in [0.5, 0.6) is 11.5 Å². The minimum absolute atomic E-state index is 0.295. The normalized spacial score (nSPS) is 10.8. The van der Waals surface area contributed by atoms with Crippen LogP contribution in [-0.2, 0) is 0 Å². The Kier molecular flexibility index (Phi) is 5.83. The quantitative estimate of drug-likeness (QED) is 0.519. The molecule has 0 aliphatic heterocycles. The SMILES string of the molecule is COc1ccc(/C=N/NC(=O)c2sc(-c3ccccc3OC)nc2C)cc1. The molecule has 1 aromatic heterocycles. The van der Waals surface area contributed by atoms with Gasteiger partial charge in [0.15, 0.2) is 0 Å². The molecular weight excluding hydrogens is 362 g/mol. The Balaban J connectivity index is 1.73. The Morgan fingerprint density at radius 1 is 1.11 bits per heavy atom. The molecule has 0 saturated carbocycles. The summed E-state index contributed by atoms with van der Waals surface area (Å²) in [5.74, 6) is 1.19. The second-order valence-electron chi connectivity index (χ2n) is 5.61. The van der Waals surface area contributed by atoms with Crippen LogP contribution in [0.3, 0.4) is 0 Å². The van der Waals surface area contributed by atoms with Gasteiger partial charge in [0.25, 0.3) is 5.91 Å². The number of thiazole rings is 1. The summed E-state index contributed by atoms with van der Waals surface area (Å²) < 4.78 is 10.5. The summed E-state index contributed by atoms with van der Waals surface area (Å²) in [4.78, 5) is 17.5. The predicted molar refractivity (Wildman–Crippen MR) is 107 cm³/mol. The summed E-state index contributed by atoms with van der Waals surface area (Å²) in [6.45, 7) is 1.80. The number of rotatable bonds is 6. The number of hydrogen-bond acceptors (Lipinski definition) is 6. The van der Waals surface area contributed by atoms with E-state index in [9.17, 15) is 4.79 Å². The smallest absolute Gasteiger partial charge is 0.283 e. The van der Waals surface area contributed by atoms with Gasteiger partial charge in [-0.3, -0.25) is 4.79 Å². The maximum atomic E-state index is 12.4. The fourth-order valence-corrected chi connectivity index (χ4v) is 3.44. The molecule has 0 bridgehead atoms. The Morgan fingerprint density at radius 3 is 2.56 bits per heavy atom. The largest absolute Gasteiger partial charge is 0.497 e. The first kappa shape index (κ1) is 18.6. The van der Waals surface area contributed by atoms with Gasteiger partial charge in [-0.15, -0.1) is 11.3 Å². The van der Waals surface area contributed by atoms with Gasteiger partial charge in [-0.25, -0.2) is 10.4 Å². The van der Waals surface area contributed by atoms with Crippen LogP contribution >= 0.6 is 11.3 Å².